The number of nitrogens with zero attached hydrogens (tertiary/aromatic N) is 2. The van der Waals surface area contributed by atoms with Crippen molar-refractivity contribution in [2.75, 3.05) is 6.54 Å². The first-order chi connectivity index (χ1) is 9.14. The van der Waals surface area contributed by atoms with E-state index in [9.17, 15) is 14.9 Å². The monoisotopic (exact) mass is 277 g/mol. The Bertz CT molecular complexity index is 468. The lowest BCUT2D eigenvalue weighted by atomic mass is 9.97. The zero-order chi connectivity index (χ0) is 15.3. The standard InChI is InChI=1S/C15H23N3O2/c1-9(2)17-15(5,8-16)6-7-18-12(19)10-11(13(18)20)14(10,3)4/h9-11,17H,6-7H2,1-5H3. The number of hydrogen-bond donors (Lipinski definition) is 1. The Labute approximate surface area is 120 Å². The average Bonchev–Trinajstić information content (AvgIpc) is 2.79. The molecule has 3 unspecified atom stereocenters. The molecule has 5 heteroatoms. The molecule has 0 aromatic carbocycles. The third-order valence-corrected chi connectivity index (χ3v) is 4.58. The van der Waals surface area contributed by atoms with Crippen molar-refractivity contribution in [2.24, 2.45) is 17.3 Å². The molecule has 1 saturated carbocycles. The molecule has 2 rings (SSSR count). The number of likely N-dealkylation sites (tertiary alicyclic amines) is 1. The molecule has 1 aliphatic heterocycles. The first kappa shape index (κ1) is 15.0. The predicted molar refractivity (Wildman–Crippen MR) is 74.4 cm³/mol. The zero-order valence-electron chi connectivity index (χ0n) is 12.9. The quantitative estimate of drug-likeness (QED) is 0.769. The summed E-state index contributed by atoms with van der Waals surface area (Å²) in [5.74, 6) is -0.396. The van der Waals surface area contributed by atoms with E-state index >= 15 is 0 Å². The van der Waals surface area contributed by atoms with Gasteiger partial charge in [-0.15, -0.1) is 0 Å². The number of nitriles is 1. The number of carbonyl (C=O) groups excluding carboxylic acids is 2. The summed E-state index contributed by atoms with van der Waals surface area (Å²) in [6.45, 7) is 10.0. The van der Waals surface area contributed by atoms with E-state index in [-0.39, 0.29) is 35.1 Å². The van der Waals surface area contributed by atoms with Crippen molar-refractivity contribution in [3.8, 4) is 6.07 Å². The molecule has 0 bridgehead atoms. The van der Waals surface area contributed by atoms with Crippen molar-refractivity contribution in [3.63, 3.8) is 0 Å². The summed E-state index contributed by atoms with van der Waals surface area (Å²) in [5, 5.41) is 12.5. The van der Waals surface area contributed by atoms with Crippen LogP contribution in [0.5, 0.6) is 0 Å². The fraction of sp³-hybridized carbons (Fsp3) is 0.800. The van der Waals surface area contributed by atoms with Gasteiger partial charge >= 0.3 is 0 Å². The molecule has 0 radical (unpaired) electrons. The van der Waals surface area contributed by atoms with Gasteiger partial charge in [-0.25, -0.2) is 0 Å². The Balaban J connectivity index is 1.98. The molecule has 2 amide bonds. The van der Waals surface area contributed by atoms with Gasteiger partial charge in [-0.3, -0.25) is 19.8 Å². The van der Waals surface area contributed by atoms with Gasteiger partial charge in [0.1, 0.15) is 5.54 Å². The van der Waals surface area contributed by atoms with Crippen LogP contribution in [0.25, 0.3) is 0 Å². The van der Waals surface area contributed by atoms with Gasteiger partial charge in [-0.1, -0.05) is 13.8 Å². The molecule has 1 N–H and O–H groups in total. The molecule has 0 aromatic heterocycles. The maximum atomic E-state index is 12.2. The smallest absolute Gasteiger partial charge is 0.233 e. The van der Waals surface area contributed by atoms with Crippen molar-refractivity contribution in [3.05, 3.63) is 0 Å². The Morgan fingerprint density at radius 1 is 1.35 bits per heavy atom. The SMILES string of the molecule is CC(C)NC(C)(C#N)CCN1C(=O)C2C(C1=O)C2(C)C. The molecule has 3 atom stereocenters. The largest absolute Gasteiger partial charge is 0.297 e. The number of rotatable bonds is 5. The molecule has 1 aliphatic carbocycles. The summed E-state index contributed by atoms with van der Waals surface area (Å²) in [6, 6.07) is 2.42. The van der Waals surface area contributed by atoms with Crippen LogP contribution in [-0.2, 0) is 9.59 Å². The van der Waals surface area contributed by atoms with Crippen molar-refractivity contribution < 1.29 is 9.59 Å². The Morgan fingerprint density at radius 2 is 1.85 bits per heavy atom. The van der Waals surface area contributed by atoms with Crippen molar-refractivity contribution in [2.45, 2.75) is 52.6 Å². The molecule has 20 heavy (non-hydrogen) atoms. The van der Waals surface area contributed by atoms with Crippen LogP contribution < -0.4 is 5.32 Å². The van der Waals surface area contributed by atoms with E-state index in [1.54, 1.807) is 0 Å². The molecule has 2 fully saturated rings. The van der Waals surface area contributed by atoms with Crippen LogP contribution in [0.4, 0.5) is 0 Å². The highest BCUT2D eigenvalue weighted by atomic mass is 16.2. The molecule has 110 valence electrons. The van der Waals surface area contributed by atoms with Gasteiger partial charge in [-0.2, -0.15) is 5.26 Å². The third-order valence-electron chi connectivity index (χ3n) is 4.58. The average molecular weight is 277 g/mol. The van der Waals surface area contributed by atoms with Gasteiger partial charge in [0.2, 0.25) is 11.8 Å². The van der Waals surface area contributed by atoms with Crippen molar-refractivity contribution in [1.29, 1.82) is 5.26 Å². The van der Waals surface area contributed by atoms with E-state index in [4.69, 9.17) is 0 Å². The molecule has 1 heterocycles. The molecule has 0 aromatic rings. The second-order valence-electron chi connectivity index (χ2n) is 7.10. The minimum atomic E-state index is -0.711. The highest BCUT2D eigenvalue weighted by molar-refractivity contribution is 6.10. The predicted octanol–water partition coefficient (Wildman–Crippen LogP) is 1.30. The fourth-order valence-electron chi connectivity index (χ4n) is 3.36. The second kappa shape index (κ2) is 4.56. The fourth-order valence-corrected chi connectivity index (χ4v) is 3.36. The number of nitrogens with one attached hydrogen (secondary N) is 1. The maximum absolute atomic E-state index is 12.2. The minimum absolute atomic E-state index is 0.0603. The van der Waals surface area contributed by atoms with Crippen LogP contribution in [-0.4, -0.2) is 34.8 Å². The number of amides is 2. The molecule has 0 spiro atoms. The second-order valence-corrected chi connectivity index (χ2v) is 7.10. The highest BCUT2D eigenvalue weighted by Gasteiger charge is 2.72. The summed E-state index contributed by atoms with van der Waals surface area (Å²) in [6.07, 6.45) is 0.457. The number of hydrogen-bond acceptors (Lipinski definition) is 4. The van der Waals surface area contributed by atoms with Gasteiger partial charge in [0, 0.05) is 12.6 Å². The zero-order valence-corrected chi connectivity index (χ0v) is 12.9. The van der Waals surface area contributed by atoms with Crippen LogP contribution in [0.3, 0.4) is 0 Å². The van der Waals surface area contributed by atoms with Crippen LogP contribution in [0.2, 0.25) is 0 Å². The lowest BCUT2D eigenvalue weighted by Gasteiger charge is -2.28. The molecule has 5 nitrogen and oxygen atoms in total. The normalized spacial score (nSPS) is 30.1. The van der Waals surface area contributed by atoms with Crippen LogP contribution >= 0.6 is 0 Å². The van der Waals surface area contributed by atoms with Gasteiger partial charge in [0.15, 0.2) is 0 Å². The Kier molecular flexibility index (Phi) is 3.42. The molecule has 1 saturated heterocycles. The van der Waals surface area contributed by atoms with Gasteiger partial charge in [-0.05, 0) is 32.6 Å². The van der Waals surface area contributed by atoms with Crippen molar-refractivity contribution >= 4 is 11.8 Å². The Morgan fingerprint density at radius 3 is 2.25 bits per heavy atom. The van der Waals surface area contributed by atoms with E-state index in [2.05, 4.69) is 11.4 Å². The maximum Gasteiger partial charge on any atom is 0.233 e. The molecular formula is C15H23N3O2. The van der Waals surface area contributed by atoms with Crippen molar-refractivity contribution in [1.82, 2.24) is 10.2 Å². The van der Waals surface area contributed by atoms with E-state index in [1.807, 2.05) is 34.6 Å². The third kappa shape index (κ3) is 2.22. The van der Waals surface area contributed by atoms with E-state index in [0.717, 1.165) is 0 Å². The highest BCUT2D eigenvalue weighted by Crippen LogP contribution is 2.63. The van der Waals surface area contributed by atoms with E-state index in [1.165, 1.54) is 4.90 Å². The lowest BCUT2D eigenvalue weighted by Crippen LogP contribution is -2.48. The van der Waals surface area contributed by atoms with E-state index in [0.29, 0.717) is 13.0 Å². The van der Waals surface area contributed by atoms with Gasteiger partial charge < -0.3 is 0 Å². The summed E-state index contributed by atoms with van der Waals surface area (Å²) in [5.41, 5.74) is -0.879. The molecule has 2 aliphatic rings. The van der Waals surface area contributed by atoms with Crippen LogP contribution in [0.1, 0.15) is 41.0 Å². The lowest BCUT2D eigenvalue weighted by molar-refractivity contribution is -0.143. The number of imide groups is 1. The van der Waals surface area contributed by atoms with E-state index < -0.39 is 5.54 Å². The van der Waals surface area contributed by atoms with Crippen LogP contribution in [0, 0.1) is 28.6 Å². The number of carbonyl (C=O) groups is 2. The summed E-state index contributed by atoms with van der Waals surface area (Å²) < 4.78 is 0. The van der Waals surface area contributed by atoms with Gasteiger partial charge in [0.05, 0.1) is 17.9 Å². The number of piperidine rings is 1. The summed E-state index contributed by atoms with van der Waals surface area (Å²) in [7, 11) is 0. The summed E-state index contributed by atoms with van der Waals surface area (Å²) in [4.78, 5) is 25.7. The number of fused-ring (bicyclic) bond motifs is 1. The first-order valence-corrected chi connectivity index (χ1v) is 7.18. The van der Waals surface area contributed by atoms with Crippen LogP contribution in [0.15, 0.2) is 0 Å². The summed E-state index contributed by atoms with van der Waals surface area (Å²) >= 11 is 0. The Hall–Kier alpha value is -1.41. The van der Waals surface area contributed by atoms with Gasteiger partial charge in [0.25, 0.3) is 0 Å². The molecular weight excluding hydrogens is 254 g/mol. The first-order valence-electron chi connectivity index (χ1n) is 7.18. The minimum Gasteiger partial charge on any atom is -0.297 e. The topological polar surface area (TPSA) is 73.2 Å².